The maximum Gasteiger partial charge on any atom is 0.122 e. The van der Waals surface area contributed by atoms with E-state index in [4.69, 9.17) is 4.74 Å². The molecule has 0 saturated heterocycles. The van der Waals surface area contributed by atoms with Crippen molar-refractivity contribution in [2.75, 3.05) is 26.7 Å². The van der Waals surface area contributed by atoms with E-state index in [0.717, 1.165) is 44.7 Å². The average molecular weight is 262 g/mol. The number of aryl methyl sites for hydroxylation is 1. The van der Waals surface area contributed by atoms with Crippen molar-refractivity contribution in [2.45, 2.75) is 38.6 Å². The third-order valence-corrected chi connectivity index (χ3v) is 3.81. The molecule has 0 bridgehead atoms. The SMILES string of the molecule is CNC(C)(C)CNCCc1ccc2c(c1)CCCO2. The molecule has 1 aromatic carbocycles. The summed E-state index contributed by atoms with van der Waals surface area (Å²) in [7, 11) is 2.01. The van der Waals surface area contributed by atoms with E-state index >= 15 is 0 Å². The third-order valence-electron chi connectivity index (χ3n) is 3.81. The summed E-state index contributed by atoms with van der Waals surface area (Å²) in [5.41, 5.74) is 2.93. The Bertz CT molecular complexity index is 415. The van der Waals surface area contributed by atoms with Gasteiger partial charge in [0.2, 0.25) is 0 Å². The van der Waals surface area contributed by atoms with Crippen LogP contribution in [-0.2, 0) is 12.8 Å². The smallest absolute Gasteiger partial charge is 0.122 e. The highest BCUT2D eigenvalue weighted by Gasteiger charge is 2.13. The van der Waals surface area contributed by atoms with Crippen LogP contribution in [0.4, 0.5) is 0 Å². The Hall–Kier alpha value is -1.06. The molecule has 0 radical (unpaired) electrons. The van der Waals surface area contributed by atoms with E-state index in [1.807, 2.05) is 7.05 Å². The minimum absolute atomic E-state index is 0.156. The maximum absolute atomic E-state index is 5.64. The Labute approximate surface area is 116 Å². The second kappa shape index (κ2) is 6.40. The van der Waals surface area contributed by atoms with E-state index in [9.17, 15) is 0 Å². The Morgan fingerprint density at radius 3 is 2.95 bits per heavy atom. The number of nitrogens with one attached hydrogen (secondary N) is 2. The largest absolute Gasteiger partial charge is 0.493 e. The molecule has 2 rings (SSSR count). The molecule has 1 heterocycles. The van der Waals surface area contributed by atoms with Gasteiger partial charge < -0.3 is 15.4 Å². The van der Waals surface area contributed by atoms with Crippen LogP contribution in [0.25, 0.3) is 0 Å². The van der Waals surface area contributed by atoms with Gasteiger partial charge >= 0.3 is 0 Å². The van der Waals surface area contributed by atoms with Crippen molar-refractivity contribution in [3.63, 3.8) is 0 Å². The predicted molar refractivity (Wildman–Crippen MR) is 80.0 cm³/mol. The van der Waals surface area contributed by atoms with Crippen molar-refractivity contribution in [3.8, 4) is 5.75 Å². The highest BCUT2D eigenvalue weighted by molar-refractivity contribution is 5.38. The van der Waals surface area contributed by atoms with E-state index in [1.54, 1.807) is 0 Å². The Kier molecular flexibility index (Phi) is 4.83. The zero-order valence-electron chi connectivity index (χ0n) is 12.4. The van der Waals surface area contributed by atoms with Crippen LogP contribution in [0.2, 0.25) is 0 Å². The van der Waals surface area contributed by atoms with Crippen molar-refractivity contribution in [3.05, 3.63) is 29.3 Å². The first-order valence-electron chi connectivity index (χ1n) is 7.25. The molecule has 106 valence electrons. The van der Waals surface area contributed by atoms with Gasteiger partial charge in [0.05, 0.1) is 6.61 Å². The highest BCUT2D eigenvalue weighted by Crippen LogP contribution is 2.25. The summed E-state index contributed by atoms with van der Waals surface area (Å²) in [5, 5.41) is 6.81. The lowest BCUT2D eigenvalue weighted by Gasteiger charge is -2.24. The molecule has 0 aliphatic carbocycles. The number of hydrogen-bond donors (Lipinski definition) is 2. The Morgan fingerprint density at radius 2 is 2.16 bits per heavy atom. The lowest BCUT2D eigenvalue weighted by molar-refractivity contribution is 0.288. The topological polar surface area (TPSA) is 33.3 Å². The molecule has 3 heteroatoms. The molecule has 0 unspecified atom stereocenters. The first-order chi connectivity index (χ1) is 9.11. The second-order valence-corrected chi connectivity index (χ2v) is 5.95. The van der Waals surface area contributed by atoms with Crippen LogP contribution in [0.5, 0.6) is 5.75 Å². The fraction of sp³-hybridized carbons (Fsp3) is 0.625. The van der Waals surface area contributed by atoms with E-state index < -0.39 is 0 Å². The van der Waals surface area contributed by atoms with Crippen molar-refractivity contribution in [1.29, 1.82) is 0 Å². The van der Waals surface area contributed by atoms with Gasteiger partial charge in [0.15, 0.2) is 0 Å². The minimum Gasteiger partial charge on any atom is -0.493 e. The fourth-order valence-corrected chi connectivity index (χ4v) is 2.29. The van der Waals surface area contributed by atoms with Crippen LogP contribution in [0.15, 0.2) is 18.2 Å². The van der Waals surface area contributed by atoms with Crippen LogP contribution >= 0.6 is 0 Å². The molecule has 3 nitrogen and oxygen atoms in total. The average Bonchev–Trinajstić information content (AvgIpc) is 2.43. The molecular formula is C16H26N2O. The third kappa shape index (κ3) is 4.22. The quantitative estimate of drug-likeness (QED) is 0.771. The van der Waals surface area contributed by atoms with Gasteiger partial charge in [-0.15, -0.1) is 0 Å². The summed E-state index contributed by atoms with van der Waals surface area (Å²) in [6.07, 6.45) is 3.38. The Morgan fingerprint density at radius 1 is 1.32 bits per heavy atom. The van der Waals surface area contributed by atoms with Gasteiger partial charge in [-0.2, -0.15) is 0 Å². The van der Waals surface area contributed by atoms with E-state index in [2.05, 4.69) is 42.7 Å². The standard InChI is InChI=1S/C16H26N2O/c1-16(2,17-3)12-18-9-8-13-6-7-15-14(11-13)5-4-10-19-15/h6-7,11,17-18H,4-5,8-10,12H2,1-3H3. The van der Waals surface area contributed by atoms with Gasteiger partial charge in [-0.1, -0.05) is 12.1 Å². The van der Waals surface area contributed by atoms with Gasteiger partial charge in [-0.25, -0.2) is 0 Å². The summed E-state index contributed by atoms with van der Waals surface area (Å²) in [5.74, 6) is 1.08. The number of likely N-dealkylation sites (N-methyl/N-ethyl adjacent to an activating group) is 1. The van der Waals surface area contributed by atoms with Crippen LogP contribution in [-0.4, -0.2) is 32.3 Å². The van der Waals surface area contributed by atoms with Crippen LogP contribution in [0.1, 0.15) is 31.4 Å². The number of fused-ring (bicyclic) bond motifs is 1. The van der Waals surface area contributed by atoms with Crippen LogP contribution in [0, 0.1) is 0 Å². The van der Waals surface area contributed by atoms with Crippen LogP contribution < -0.4 is 15.4 Å². The summed E-state index contributed by atoms with van der Waals surface area (Å²) < 4.78 is 5.64. The molecule has 1 aromatic rings. The van der Waals surface area contributed by atoms with Gasteiger partial charge in [0, 0.05) is 12.1 Å². The van der Waals surface area contributed by atoms with E-state index in [0.29, 0.717) is 0 Å². The summed E-state index contributed by atoms with van der Waals surface area (Å²) in [6.45, 7) is 7.28. The fourth-order valence-electron chi connectivity index (χ4n) is 2.29. The summed E-state index contributed by atoms with van der Waals surface area (Å²) in [4.78, 5) is 0. The number of ether oxygens (including phenoxy) is 1. The van der Waals surface area contributed by atoms with Gasteiger partial charge in [-0.05, 0) is 63.9 Å². The minimum atomic E-state index is 0.156. The molecule has 1 aliphatic heterocycles. The molecule has 19 heavy (non-hydrogen) atoms. The first-order valence-corrected chi connectivity index (χ1v) is 7.25. The zero-order valence-corrected chi connectivity index (χ0v) is 12.4. The van der Waals surface area contributed by atoms with E-state index in [1.165, 1.54) is 11.1 Å². The van der Waals surface area contributed by atoms with Crippen molar-refractivity contribution in [1.82, 2.24) is 10.6 Å². The van der Waals surface area contributed by atoms with Gasteiger partial charge in [-0.3, -0.25) is 0 Å². The second-order valence-electron chi connectivity index (χ2n) is 5.95. The zero-order chi connectivity index (χ0) is 13.7. The van der Waals surface area contributed by atoms with Gasteiger partial charge in [0.25, 0.3) is 0 Å². The molecular weight excluding hydrogens is 236 g/mol. The molecule has 0 spiro atoms. The number of rotatable bonds is 6. The van der Waals surface area contributed by atoms with Gasteiger partial charge in [0.1, 0.15) is 5.75 Å². The number of hydrogen-bond acceptors (Lipinski definition) is 3. The molecule has 0 atom stereocenters. The molecule has 1 aliphatic rings. The van der Waals surface area contributed by atoms with Crippen molar-refractivity contribution < 1.29 is 4.74 Å². The van der Waals surface area contributed by atoms with E-state index in [-0.39, 0.29) is 5.54 Å². The molecule has 0 aromatic heterocycles. The maximum atomic E-state index is 5.64. The molecule has 0 saturated carbocycles. The molecule has 2 N–H and O–H groups in total. The van der Waals surface area contributed by atoms with Crippen LogP contribution in [0.3, 0.4) is 0 Å². The lowest BCUT2D eigenvalue weighted by Crippen LogP contribution is -2.46. The number of benzene rings is 1. The lowest BCUT2D eigenvalue weighted by atomic mass is 10.0. The van der Waals surface area contributed by atoms with Crippen molar-refractivity contribution >= 4 is 0 Å². The monoisotopic (exact) mass is 262 g/mol. The Balaban J connectivity index is 1.80. The highest BCUT2D eigenvalue weighted by atomic mass is 16.5. The predicted octanol–water partition coefficient (Wildman–Crippen LogP) is 2.14. The first kappa shape index (κ1) is 14.4. The normalized spacial score (nSPS) is 14.9. The molecule has 0 fully saturated rings. The summed E-state index contributed by atoms with van der Waals surface area (Å²) >= 11 is 0. The molecule has 0 amide bonds. The summed E-state index contributed by atoms with van der Waals surface area (Å²) in [6, 6.07) is 6.62. The van der Waals surface area contributed by atoms with Crippen molar-refractivity contribution in [2.24, 2.45) is 0 Å².